The molecule has 0 radical (unpaired) electrons. The van der Waals surface area contributed by atoms with E-state index in [1.807, 2.05) is 0 Å². The molecule has 1 atom stereocenters. The topological polar surface area (TPSA) is 24.7 Å². The van der Waals surface area contributed by atoms with Crippen LogP contribution in [-0.2, 0) is 0 Å². The Kier molecular flexibility index (Phi) is 4.81. The summed E-state index contributed by atoms with van der Waals surface area (Å²) in [5, 5.41) is 0. The maximum Gasteiger partial charge on any atom is 0.0494 e. The van der Waals surface area contributed by atoms with E-state index in [4.69, 9.17) is 0 Å². The molecular formula is C8H16N2. The van der Waals surface area contributed by atoms with E-state index in [0.717, 1.165) is 0 Å². The quantitative estimate of drug-likeness (QED) is 0.534. The number of hydrogen-bond donors (Lipinski definition) is 0. The van der Waals surface area contributed by atoms with E-state index in [0.29, 0.717) is 12.0 Å². The van der Waals surface area contributed by atoms with Crippen LogP contribution in [0.15, 0.2) is 9.98 Å². The Balaban J connectivity index is 3.66. The monoisotopic (exact) mass is 140 g/mol. The van der Waals surface area contributed by atoms with Gasteiger partial charge in [0.25, 0.3) is 0 Å². The highest BCUT2D eigenvalue weighted by molar-refractivity contribution is 6.15. The zero-order chi connectivity index (χ0) is 7.98. The van der Waals surface area contributed by atoms with Crippen LogP contribution in [0.3, 0.4) is 0 Å². The first-order chi connectivity index (χ1) is 4.68. The summed E-state index contributed by atoms with van der Waals surface area (Å²) in [7, 11) is 1.74. The van der Waals surface area contributed by atoms with Gasteiger partial charge in [-0.25, -0.2) is 0 Å². The molecule has 0 aromatic rings. The molecule has 0 aromatic heterocycles. The fourth-order valence-corrected chi connectivity index (χ4v) is 0.413. The first kappa shape index (κ1) is 9.34. The van der Waals surface area contributed by atoms with Gasteiger partial charge in [0.05, 0.1) is 0 Å². The highest BCUT2D eigenvalue weighted by atomic mass is 14.8. The van der Waals surface area contributed by atoms with Crippen LogP contribution in [0.25, 0.3) is 0 Å². The minimum absolute atomic E-state index is 0.401. The van der Waals surface area contributed by atoms with Crippen LogP contribution in [0.4, 0.5) is 0 Å². The van der Waals surface area contributed by atoms with Crippen LogP contribution in [0.5, 0.6) is 0 Å². The van der Waals surface area contributed by atoms with E-state index in [2.05, 4.69) is 30.8 Å². The lowest BCUT2D eigenvalue weighted by atomic mass is 10.1. The van der Waals surface area contributed by atoms with E-state index in [1.165, 1.54) is 0 Å². The Bertz CT molecular complexity index is 125. The van der Waals surface area contributed by atoms with E-state index < -0.39 is 0 Å². The molecule has 2 heteroatoms. The van der Waals surface area contributed by atoms with E-state index in [1.54, 1.807) is 19.5 Å². The normalized spacial score (nSPS) is 15.7. The number of nitrogens with zero attached hydrogens (tertiary/aromatic N) is 2. The average Bonchev–Trinajstić information content (AvgIpc) is 1.88. The van der Waals surface area contributed by atoms with Gasteiger partial charge in [-0.3, -0.25) is 9.98 Å². The summed E-state index contributed by atoms with van der Waals surface area (Å²) < 4.78 is 0. The molecule has 58 valence electrons. The van der Waals surface area contributed by atoms with Gasteiger partial charge in [-0.2, -0.15) is 0 Å². The second kappa shape index (κ2) is 5.15. The van der Waals surface area contributed by atoms with Crippen molar-refractivity contribution in [1.82, 2.24) is 0 Å². The van der Waals surface area contributed by atoms with Crippen molar-refractivity contribution in [3.05, 3.63) is 0 Å². The summed E-state index contributed by atoms with van der Waals surface area (Å²) in [5.74, 6) is 0.613. The van der Waals surface area contributed by atoms with Crippen molar-refractivity contribution in [1.29, 1.82) is 0 Å². The van der Waals surface area contributed by atoms with Crippen LogP contribution < -0.4 is 0 Å². The molecule has 0 heterocycles. The minimum Gasteiger partial charge on any atom is -0.295 e. The van der Waals surface area contributed by atoms with Gasteiger partial charge in [0.2, 0.25) is 0 Å². The summed E-state index contributed by atoms with van der Waals surface area (Å²) in [5.41, 5.74) is 0. The van der Waals surface area contributed by atoms with Crippen LogP contribution >= 0.6 is 0 Å². The molecule has 0 unspecified atom stereocenters. The van der Waals surface area contributed by atoms with Gasteiger partial charge < -0.3 is 0 Å². The van der Waals surface area contributed by atoms with Crippen molar-refractivity contribution < 1.29 is 0 Å². The summed E-state index contributed by atoms with van der Waals surface area (Å²) in [6, 6.07) is 0.401. The lowest BCUT2D eigenvalue weighted by Gasteiger charge is -2.07. The van der Waals surface area contributed by atoms with Gasteiger partial charge in [0, 0.05) is 25.5 Å². The predicted molar refractivity (Wildman–Crippen MR) is 47.2 cm³/mol. The van der Waals surface area contributed by atoms with Crippen LogP contribution in [0, 0.1) is 5.92 Å². The predicted octanol–water partition coefficient (Wildman–Crippen LogP) is 1.80. The highest BCUT2D eigenvalue weighted by Gasteiger charge is 2.01. The first-order valence-corrected chi connectivity index (χ1v) is 3.62. The average molecular weight is 140 g/mol. The van der Waals surface area contributed by atoms with Crippen molar-refractivity contribution >= 4 is 12.4 Å². The van der Waals surface area contributed by atoms with Crippen molar-refractivity contribution in [2.45, 2.75) is 26.8 Å². The summed E-state index contributed by atoms with van der Waals surface area (Å²) >= 11 is 0. The van der Waals surface area contributed by atoms with Gasteiger partial charge in [0.15, 0.2) is 0 Å². The molecule has 0 aliphatic rings. The number of rotatable bonds is 3. The largest absolute Gasteiger partial charge is 0.295 e. The zero-order valence-corrected chi connectivity index (χ0v) is 7.20. The van der Waals surface area contributed by atoms with Crippen LogP contribution in [-0.4, -0.2) is 25.5 Å². The lowest BCUT2D eigenvalue weighted by molar-refractivity contribution is 0.533. The Morgan fingerprint density at radius 3 is 2.10 bits per heavy atom. The van der Waals surface area contributed by atoms with Gasteiger partial charge >= 0.3 is 0 Å². The molecule has 0 rings (SSSR count). The fourth-order valence-electron chi connectivity index (χ4n) is 0.413. The van der Waals surface area contributed by atoms with Gasteiger partial charge in [0.1, 0.15) is 0 Å². The highest BCUT2D eigenvalue weighted by Crippen LogP contribution is 2.02. The molecule has 0 saturated heterocycles. The Hall–Kier alpha value is -0.660. The Labute approximate surface area is 63.1 Å². The molecule has 0 bridgehead atoms. The van der Waals surface area contributed by atoms with Crippen LogP contribution in [0.1, 0.15) is 20.8 Å². The molecule has 2 nitrogen and oxygen atoms in total. The lowest BCUT2D eigenvalue weighted by Crippen LogP contribution is -2.07. The number of hydrogen-bond acceptors (Lipinski definition) is 2. The molecule has 0 aliphatic heterocycles. The second-order valence-corrected chi connectivity index (χ2v) is 2.69. The molecule has 10 heavy (non-hydrogen) atoms. The smallest absolute Gasteiger partial charge is 0.0494 e. The molecule has 0 aromatic carbocycles. The summed E-state index contributed by atoms with van der Waals surface area (Å²) in [6.45, 7) is 6.42. The summed E-state index contributed by atoms with van der Waals surface area (Å²) in [4.78, 5) is 8.03. The molecular weight excluding hydrogens is 124 g/mol. The Morgan fingerprint density at radius 1 is 1.10 bits per heavy atom. The van der Waals surface area contributed by atoms with E-state index in [-0.39, 0.29) is 0 Å². The molecule has 0 amide bonds. The van der Waals surface area contributed by atoms with E-state index in [9.17, 15) is 0 Å². The zero-order valence-electron chi connectivity index (χ0n) is 7.20. The van der Waals surface area contributed by atoms with Crippen LogP contribution in [0.2, 0.25) is 0 Å². The maximum atomic E-state index is 4.24. The molecule has 0 saturated carbocycles. The fraction of sp³-hybridized carbons (Fsp3) is 0.750. The standard InChI is InChI=1S/C8H16N2/c1-7(2)8(3)10-6-5-9-4/h5-8H,1-4H3/b9-5-,10-6-/t8-/m1/s1. The Morgan fingerprint density at radius 2 is 1.70 bits per heavy atom. The molecule has 0 spiro atoms. The van der Waals surface area contributed by atoms with Crippen molar-refractivity contribution in [2.24, 2.45) is 15.9 Å². The third-order valence-corrected chi connectivity index (χ3v) is 1.50. The minimum atomic E-state index is 0.401. The van der Waals surface area contributed by atoms with Gasteiger partial charge in [-0.1, -0.05) is 13.8 Å². The second-order valence-electron chi connectivity index (χ2n) is 2.69. The molecule has 0 N–H and O–H groups in total. The third-order valence-electron chi connectivity index (χ3n) is 1.50. The summed E-state index contributed by atoms with van der Waals surface area (Å²) in [6.07, 6.45) is 3.46. The third kappa shape index (κ3) is 4.24. The van der Waals surface area contributed by atoms with Crippen molar-refractivity contribution in [3.8, 4) is 0 Å². The SMILES string of the molecule is C/N=C\C=N/[C@H](C)C(C)C. The van der Waals surface area contributed by atoms with Crippen molar-refractivity contribution in [2.75, 3.05) is 7.05 Å². The number of aliphatic imine (C=N–C) groups is 2. The van der Waals surface area contributed by atoms with Crippen molar-refractivity contribution in [3.63, 3.8) is 0 Å². The van der Waals surface area contributed by atoms with Gasteiger partial charge in [-0.05, 0) is 12.8 Å². The molecule has 0 fully saturated rings. The first-order valence-electron chi connectivity index (χ1n) is 3.62. The van der Waals surface area contributed by atoms with Gasteiger partial charge in [-0.15, -0.1) is 0 Å². The van der Waals surface area contributed by atoms with E-state index >= 15 is 0 Å². The molecule has 0 aliphatic carbocycles. The maximum absolute atomic E-state index is 4.24.